The SMILES string of the molecule is CC(C)c1ccc(CN(C)C(=O)NCc2cccc(OCC(F)F)c2)cc1. The lowest BCUT2D eigenvalue weighted by molar-refractivity contribution is 0.0818. The predicted molar refractivity (Wildman–Crippen MR) is 102 cm³/mol. The maximum absolute atomic E-state index is 12.3. The maximum atomic E-state index is 12.3. The number of carbonyl (C=O) groups excluding carboxylic acids is 1. The maximum Gasteiger partial charge on any atom is 0.317 e. The molecule has 2 amide bonds. The van der Waals surface area contributed by atoms with E-state index in [1.54, 1.807) is 36.2 Å². The Kier molecular flexibility index (Phi) is 7.58. The summed E-state index contributed by atoms with van der Waals surface area (Å²) < 4.78 is 29.4. The summed E-state index contributed by atoms with van der Waals surface area (Å²) in [6.45, 7) is 4.43. The lowest BCUT2D eigenvalue weighted by Gasteiger charge is -2.19. The molecule has 0 bridgehead atoms. The molecule has 2 aromatic carbocycles. The monoisotopic (exact) mass is 376 g/mol. The van der Waals surface area contributed by atoms with Crippen molar-refractivity contribution in [3.05, 3.63) is 65.2 Å². The first-order valence-electron chi connectivity index (χ1n) is 8.93. The van der Waals surface area contributed by atoms with Crippen LogP contribution >= 0.6 is 0 Å². The van der Waals surface area contributed by atoms with Crippen LogP contribution in [0.3, 0.4) is 0 Å². The fourth-order valence-corrected chi connectivity index (χ4v) is 2.57. The molecule has 0 saturated heterocycles. The highest BCUT2D eigenvalue weighted by Crippen LogP contribution is 2.16. The van der Waals surface area contributed by atoms with Crippen molar-refractivity contribution in [3.8, 4) is 5.75 Å². The van der Waals surface area contributed by atoms with E-state index in [2.05, 4.69) is 31.3 Å². The van der Waals surface area contributed by atoms with E-state index in [1.807, 2.05) is 12.1 Å². The summed E-state index contributed by atoms with van der Waals surface area (Å²) in [4.78, 5) is 13.9. The van der Waals surface area contributed by atoms with Gasteiger partial charge in [-0.25, -0.2) is 13.6 Å². The number of carbonyl (C=O) groups is 1. The van der Waals surface area contributed by atoms with Gasteiger partial charge in [0, 0.05) is 20.1 Å². The first-order valence-corrected chi connectivity index (χ1v) is 8.93. The molecule has 0 saturated carbocycles. The van der Waals surface area contributed by atoms with Crippen molar-refractivity contribution in [2.24, 2.45) is 0 Å². The molecule has 2 aromatic rings. The van der Waals surface area contributed by atoms with E-state index in [1.165, 1.54) is 5.56 Å². The van der Waals surface area contributed by atoms with E-state index in [9.17, 15) is 13.6 Å². The lowest BCUT2D eigenvalue weighted by atomic mass is 10.0. The Bertz CT molecular complexity index is 733. The average molecular weight is 376 g/mol. The van der Waals surface area contributed by atoms with Crippen LogP contribution in [0.25, 0.3) is 0 Å². The van der Waals surface area contributed by atoms with Crippen LogP contribution in [-0.2, 0) is 13.1 Å². The van der Waals surface area contributed by atoms with Crippen LogP contribution in [0.2, 0.25) is 0 Å². The van der Waals surface area contributed by atoms with Crippen LogP contribution in [-0.4, -0.2) is 31.0 Å². The Morgan fingerprint density at radius 2 is 1.81 bits per heavy atom. The fourth-order valence-electron chi connectivity index (χ4n) is 2.57. The zero-order valence-corrected chi connectivity index (χ0v) is 15.9. The van der Waals surface area contributed by atoms with Crippen molar-refractivity contribution in [1.82, 2.24) is 10.2 Å². The number of amides is 2. The standard InChI is InChI=1S/C21H26F2N2O2/c1-15(2)18-9-7-16(8-10-18)13-25(3)21(26)24-12-17-5-4-6-19(11-17)27-14-20(22)23/h4-11,15,20H,12-14H2,1-3H3,(H,24,26). The smallest absolute Gasteiger partial charge is 0.317 e. The highest BCUT2D eigenvalue weighted by molar-refractivity contribution is 5.73. The highest BCUT2D eigenvalue weighted by atomic mass is 19.3. The third-order valence-electron chi connectivity index (χ3n) is 4.13. The summed E-state index contributed by atoms with van der Waals surface area (Å²) in [6.07, 6.45) is -2.52. The van der Waals surface area contributed by atoms with Gasteiger partial charge in [0.05, 0.1) is 0 Å². The Morgan fingerprint density at radius 1 is 1.11 bits per heavy atom. The van der Waals surface area contributed by atoms with Crippen LogP contribution in [0.4, 0.5) is 13.6 Å². The molecule has 146 valence electrons. The van der Waals surface area contributed by atoms with Gasteiger partial charge in [-0.3, -0.25) is 0 Å². The number of rotatable bonds is 8. The molecular formula is C21H26F2N2O2. The summed E-state index contributed by atoms with van der Waals surface area (Å²) in [5.74, 6) is 0.834. The Labute approximate surface area is 159 Å². The van der Waals surface area contributed by atoms with Crippen LogP contribution in [0.5, 0.6) is 5.75 Å². The molecule has 27 heavy (non-hydrogen) atoms. The second kappa shape index (κ2) is 9.90. The number of nitrogens with one attached hydrogen (secondary N) is 1. The van der Waals surface area contributed by atoms with Gasteiger partial charge in [-0.15, -0.1) is 0 Å². The lowest BCUT2D eigenvalue weighted by Crippen LogP contribution is -2.36. The molecule has 0 aliphatic heterocycles. The molecular weight excluding hydrogens is 350 g/mol. The fraction of sp³-hybridized carbons (Fsp3) is 0.381. The molecule has 1 N–H and O–H groups in total. The molecule has 0 heterocycles. The molecule has 0 spiro atoms. The molecule has 4 nitrogen and oxygen atoms in total. The molecule has 6 heteroatoms. The average Bonchev–Trinajstić information content (AvgIpc) is 2.65. The first kappa shape index (κ1) is 20.7. The third kappa shape index (κ3) is 6.89. The van der Waals surface area contributed by atoms with Gasteiger partial charge >= 0.3 is 6.03 Å². The molecule has 0 atom stereocenters. The van der Waals surface area contributed by atoms with E-state index in [-0.39, 0.29) is 6.03 Å². The van der Waals surface area contributed by atoms with Gasteiger partial charge in [-0.2, -0.15) is 0 Å². The largest absolute Gasteiger partial charge is 0.488 e. The second-order valence-corrected chi connectivity index (χ2v) is 6.76. The van der Waals surface area contributed by atoms with E-state index >= 15 is 0 Å². The van der Waals surface area contributed by atoms with Gasteiger partial charge in [-0.1, -0.05) is 50.2 Å². The van der Waals surface area contributed by atoms with Crippen LogP contribution in [0, 0.1) is 0 Å². The van der Waals surface area contributed by atoms with Crippen molar-refractivity contribution in [3.63, 3.8) is 0 Å². The first-order chi connectivity index (χ1) is 12.8. The summed E-state index contributed by atoms with van der Waals surface area (Å²) in [6, 6.07) is 14.8. The molecule has 0 unspecified atom stereocenters. The van der Waals surface area contributed by atoms with E-state index in [4.69, 9.17) is 4.74 Å². The van der Waals surface area contributed by atoms with Gasteiger partial charge in [0.1, 0.15) is 12.4 Å². The Hall–Kier alpha value is -2.63. The van der Waals surface area contributed by atoms with Crippen molar-refractivity contribution in [2.75, 3.05) is 13.7 Å². The quantitative estimate of drug-likeness (QED) is 0.719. The molecule has 0 aliphatic carbocycles. The number of hydrogen-bond donors (Lipinski definition) is 1. The van der Waals surface area contributed by atoms with Crippen LogP contribution in [0.15, 0.2) is 48.5 Å². The highest BCUT2D eigenvalue weighted by Gasteiger charge is 2.10. The number of urea groups is 1. The normalized spacial score (nSPS) is 10.9. The Morgan fingerprint density at radius 3 is 2.44 bits per heavy atom. The van der Waals surface area contributed by atoms with E-state index in [0.29, 0.717) is 24.8 Å². The van der Waals surface area contributed by atoms with Crippen molar-refractivity contribution < 1.29 is 18.3 Å². The number of hydrogen-bond acceptors (Lipinski definition) is 2. The van der Waals surface area contributed by atoms with E-state index < -0.39 is 13.0 Å². The summed E-state index contributed by atoms with van der Waals surface area (Å²) in [7, 11) is 1.73. The minimum absolute atomic E-state index is 0.207. The minimum atomic E-state index is -2.52. The third-order valence-corrected chi connectivity index (χ3v) is 4.13. The second-order valence-electron chi connectivity index (χ2n) is 6.76. The van der Waals surface area contributed by atoms with Crippen LogP contribution < -0.4 is 10.1 Å². The predicted octanol–water partition coefficient (Wildman–Crippen LogP) is 4.80. The molecule has 2 rings (SSSR count). The summed E-state index contributed by atoms with van der Waals surface area (Å²) in [5, 5.41) is 2.82. The zero-order chi connectivity index (χ0) is 19.8. The topological polar surface area (TPSA) is 41.6 Å². The minimum Gasteiger partial charge on any atom is -0.488 e. The summed E-state index contributed by atoms with van der Waals surface area (Å²) >= 11 is 0. The Balaban J connectivity index is 1.84. The number of benzene rings is 2. The molecule has 0 aromatic heterocycles. The number of nitrogens with zero attached hydrogens (tertiary/aromatic N) is 1. The zero-order valence-electron chi connectivity index (χ0n) is 15.9. The van der Waals surface area contributed by atoms with Crippen molar-refractivity contribution in [1.29, 1.82) is 0 Å². The number of halogens is 2. The van der Waals surface area contributed by atoms with Gasteiger partial charge in [0.15, 0.2) is 0 Å². The van der Waals surface area contributed by atoms with Crippen LogP contribution in [0.1, 0.15) is 36.5 Å². The molecule has 0 aliphatic rings. The summed E-state index contributed by atoms with van der Waals surface area (Å²) in [5.41, 5.74) is 3.10. The number of alkyl halides is 2. The van der Waals surface area contributed by atoms with Crippen molar-refractivity contribution >= 4 is 6.03 Å². The van der Waals surface area contributed by atoms with Crippen molar-refractivity contribution in [2.45, 2.75) is 39.3 Å². The molecule has 0 radical (unpaired) electrons. The van der Waals surface area contributed by atoms with Gasteiger partial charge in [0.25, 0.3) is 6.43 Å². The number of ether oxygens (including phenoxy) is 1. The van der Waals surface area contributed by atoms with Gasteiger partial charge in [0.2, 0.25) is 0 Å². The van der Waals surface area contributed by atoms with Gasteiger partial charge < -0.3 is 15.0 Å². The van der Waals surface area contributed by atoms with Gasteiger partial charge in [-0.05, 0) is 34.7 Å². The van der Waals surface area contributed by atoms with E-state index in [0.717, 1.165) is 11.1 Å². The molecule has 0 fully saturated rings.